The topological polar surface area (TPSA) is 0 Å². The fraction of sp³-hybridized carbons (Fsp3) is 0.208. The average molecular weight is 959 g/mol. The van der Waals surface area contributed by atoms with Gasteiger partial charge in [0.15, 0.2) is 0 Å². The third-order valence-corrected chi connectivity index (χ3v) is 11.8. The zero-order chi connectivity index (χ0) is 43.5. The first-order valence-electron chi connectivity index (χ1n) is 19.7. The Hall–Kier alpha value is -4.42. The molecule has 0 fully saturated rings. The number of alkyl halides is 6. The molecule has 0 nitrogen and oxygen atoms in total. The largest absolute Gasteiger partial charge is 1.00 e. The summed E-state index contributed by atoms with van der Waals surface area (Å²) >= 11 is 0.898. The monoisotopic (exact) mass is 956 g/mol. The van der Waals surface area contributed by atoms with Crippen molar-refractivity contribution in [2.45, 2.75) is 71.1 Å². The van der Waals surface area contributed by atoms with Gasteiger partial charge in [-0.15, -0.1) is 46.2 Å². The van der Waals surface area contributed by atoms with Gasteiger partial charge in [0.1, 0.15) is 0 Å². The van der Waals surface area contributed by atoms with Crippen molar-refractivity contribution in [3.63, 3.8) is 0 Å². The number of hydrogen-bond donors (Lipinski definition) is 0. The summed E-state index contributed by atoms with van der Waals surface area (Å²) in [6, 6.07) is 42.9. The smallest absolute Gasteiger partial charge is 0.109 e. The van der Waals surface area contributed by atoms with E-state index >= 15 is 0 Å². The van der Waals surface area contributed by atoms with Crippen LogP contribution in [-0.4, -0.2) is 3.21 Å². The predicted octanol–water partition coefficient (Wildman–Crippen LogP) is 9.79. The van der Waals surface area contributed by atoms with Gasteiger partial charge in [-0.05, 0) is 44.2 Å². The van der Waals surface area contributed by atoms with Gasteiger partial charge >= 0.3 is 137 Å². The molecule has 62 heavy (non-hydrogen) atoms. The van der Waals surface area contributed by atoms with Gasteiger partial charge in [0.25, 0.3) is 0 Å². The summed E-state index contributed by atoms with van der Waals surface area (Å²) in [7, 11) is 0. The summed E-state index contributed by atoms with van der Waals surface area (Å²) in [4.78, 5) is 0. The molecule has 7 aromatic carbocycles. The summed E-state index contributed by atoms with van der Waals surface area (Å²) < 4.78 is 75.6. The number of hydrogen-bond acceptors (Lipinski definition) is 0. The van der Waals surface area contributed by atoms with E-state index in [1.165, 1.54) is 79.2 Å². The van der Waals surface area contributed by atoms with E-state index in [0.29, 0.717) is 14.3 Å². The molecule has 8 rings (SSSR count). The average Bonchev–Trinajstić information content (AvgIpc) is 3.91. The fourth-order valence-electron chi connectivity index (χ4n) is 7.22. The van der Waals surface area contributed by atoms with E-state index in [-0.39, 0.29) is 35.6 Å². The quantitative estimate of drug-likeness (QED) is 0.122. The molecule has 0 spiro atoms. The van der Waals surface area contributed by atoms with Crippen LogP contribution in [0.5, 0.6) is 0 Å². The van der Waals surface area contributed by atoms with Crippen molar-refractivity contribution >= 4 is 24.8 Å². The van der Waals surface area contributed by atoms with Crippen LogP contribution in [0.15, 0.2) is 158 Å². The number of allylic oxidation sites excluding steroid dienone is 4. The van der Waals surface area contributed by atoms with Crippen LogP contribution in [0, 0.1) is 6.08 Å². The maximum absolute atomic E-state index is 12.5. The van der Waals surface area contributed by atoms with Crippen molar-refractivity contribution in [2.24, 2.45) is 0 Å². The Morgan fingerprint density at radius 1 is 0.532 bits per heavy atom. The summed E-state index contributed by atoms with van der Waals surface area (Å²) in [6.07, 6.45) is 1.18. The molecular weight excluding hydrogens is 913 g/mol. The maximum Gasteiger partial charge on any atom is -0.109 e. The van der Waals surface area contributed by atoms with E-state index in [1.54, 1.807) is 0 Å². The number of halogens is 8. The van der Waals surface area contributed by atoms with Crippen LogP contribution in [0.3, 0.4) is 0 Å². The molecule has 7 aromatic rings. The minimum atomic E-state index is -4.41. The summed E-state index contributed by atoms with van der Waals surface area (Å²) in [5.41, 5.74) is 7.77. The zero-order valence-electron chi connectivity index (χ0n) is 35.2. The molecule has 1 aliphatic carbocycles. The molecule has 0 amide bonds. The molecule has 0 radical (unpaired) electrons. The van der Waals surface area contributed by atoms with Crippen molar-refractivity contribution in [3.8, 4) is 22.3 Å². The third kappa shape index (κ3) is 12.2. The fourth-order valence-corrected chi connectivity index (χ4v) is 8.04. The molecule has 0 unspecified atom stereocenters. The zero-order valence-corrected chi connectivity index (χ0v) is 39.2. The van der Waals surface area contributed by atoms with Gasteiger partial charge in [-0.25, -0.2) is 12.2 Å². The molecule has 0 saturated carbocycles. The van der Waals surface area contributed by atoms with Crippen LogP contribution in [-0.2, 0) is 47.4 Å². The van der Waals surface area contributed by atoms with Gasteiger partial charge in [-0.3, -0.25) is 6.08 Å². The Labute approximate surface area is 388 Å². The van der Waals surface area contributed by atoms with Gasteiger partial charge < -0.3 is 24.8 Å². The number of fused-ring (bicyclic) bond motifs is 3. The molecule has 9 heteroatoms. The van der Waals surface area contributed by atoms with Gasteiger partial charge in [0.05, 0.1) is 0 Å². The normalized spacial score (nSPS) is 12.5. The minimum Gasteiger partial charge on any atom is -1.00 e. The molecule has 0 atom stereocenters. The van der Waals surface area contributed by atoms with Crippen molar-refractivity contribution in [3.05, 3.63) is 197 Å². The predicted molar refractivity (Wildman–Crippen MR) is 233 cm³/mol. The van der Waals surface area contributed by atoms with E-state index in [9.17, 15) is 26.3 Å². The Balaban J connectivity index is 0.000000252. The Morgan fingerprint density at radius 3 is 1.18 bits per heavy atom. The van der Waals surface area contributed by atoms with E-state index in [4.69, 9.17) is 0 Å². The molecule has 320 valence electrons. The van der Waals surface area contributed by atoms with E-state index in [2.05, 4.69) is 145 Å². The summed E-state index contributed by atoms with van der Waals surface area (Å²) in [5, 5.41) is 5.36. The molecule has 0 N–H and O–H groups in total. The second-order valence-corrected chi connectivity index (χ2v) is 18.1. The van der Waals surface area contributed by atoms with Crippen LogP contribution in [0.25, 0.3) is 43.8 Å². The molecule has 0 aliphatic heterocycles. The summed E-state index contributed by atoms with van der Waals surface area (Å²) in [6.45, 7) is 13.9. The van der Waals surface area contributed by atoms with Crippen LogP contribution in [0.1, 0.15) is 81.3 Å². The molecule has 0 bridgehead atoms. The van der Waals surface area contributed by atoms with E-state index in [1.807, 2.05) is 12.2 Å². The molecule has 0 saturated heterocycles. The first-order chi connectivity index (χ1) is 28.2. The van der Waals surface area contributed by atoms with Crippen LogP contribution in [0.2, 0.25) is 0 Å². The molecule has 0 heterocycles. The Kier molecular flexibility index (Phi) is 16.5. The van der Waals surface area contributed by atoms with E-state index < -0.39 is 23.5 Å². The first kappa shape index (κ1) is 50.2. The van der Waals surface area contributed by atoms with Gasteiger partial charge in [0, 0.05) is 0 Å². The Morgan fingerprint density at radius 2 is 0.903 bits per heavy atom. The Bertz CT molecular complexity index is 2460. The van der Waals surface area contributed by atoms with Crippen molar-refractivity contribution in [1.29, 1.82) is 0 Å². The van der Waals surface area contributed by atoms with Crippen molar-refractivity contribution < 1.29 is 75.4 Å². The SMILES string of the molecule is CC(C)(C)c1cc2c(cc1-c1ccccc1)[cH-]c1cc(-c3ccccc3)c(C(C)(C)C)cc12.FC(F)(F)c1ccc([C](=[Zr+2])c2ccc(C(F)(F)F)cc2)cc1.[C-]1=CC=CC1.[Cl-].[Cl-]. The second kappa shape index (κ2) is 20.4. The van der Waals surface area contributed by atoms with Crippen molar-refractivity contribution in [2.75, 3.05) is 0 Å². The van der Waals surface area contributed by atoms with Crippen LogP contribution >= 0.6 is 0 Å². The third-order valence-electron chi connectivity index (χ3n) is 10.4. The van der Waals surface area contributed by atoms with Gasteiger partial charge in [-0.1, -0.05) is 114 Å². The van der Waals surface area contributed by atoms with Gasteiger partial charge in [-0.2, -0.15) is 6.08 Å². The summed E-state index contributed by atoms with van der Waals surface area (Å²) in [5.74, 6) is 0. The minimum absolute atomic E-state index is 0. The maximum atomic E-state index is 12.5. The molecule has 0 aromatic heterocycles. The second-order valence-electron chi connectivity index (χ2n) is 16.9. The van der Waals surface area contributed by atoms with E-state index in [0.717, 1.165) is 54.9 Å². The first-order valence-corrected chi connectivity index (χ1v) is 20.9. The van der Waals surface area contributed by atoms with Crippen LogP contribution < -0.4 is 24.8 Å². The number of rotatable bonds is 4. The standard InChI is InChI=1S/C33H33.C15H8F6.C5H5.2ClH.Zr/c1-32(2,3)30-20-26-24(18-28(30)22-13-9-7-10-14-22)17-25-19-29(23-15-11-8-12-16-23)31(21-27(25)26)33(4,5)6;16-14(17,18)12-5-1-10(2-6-12)9-11-3-7-13(8-4-11)15(19,20)21;1-2-4-5-3-1;;;/h7-21H,1-6H3;1-8H;1-3H,4H2;2*1H;/q-1;;-1;;;+2/p-2. The molecule has 1 aliphatic rings. The number of benzene rings is 6. The molecular formula is C53H46Cl2F6Zr-2. The van der Waals surface area contributed by atoms with Gasteiger partial charge in [0.2, 0.25) is 0 Å². The van der Waals surface area contributed by atoms with Crippen molar-refractivity contribution in [1.82, 2.24) is 0 Å². The van der Waals surface area contributed by atoms with Crippen LogP contribution in [0.4, 0.5) is 26.3 Å².